The quantitative estimate of drug-likeness (QED) is 0.477. The zero-order valence-corrected chi connectivity index (χ0v) is 14.0. The van der Waals surface area contributed by atoms with Crippen molar-refractivity contribution in [3.63, 3.8) is 0 Å². The summed E-state index contributed by atoms with van der Waals surface area (Å²) in [6, 6.07) is 7.97. The Labute approximate surface area is 140 Å². The van der Waals surface area contributed by atoms with Crippen molar-refractivity contribution in [3.8, 4) is 0 Å². The van der Waals surface area contributed by atoms with E-state index in [4.69, 9.17) is 21.9 Å². The highest BCUT2D eigenvalue weighted by molar-refractivity contribution is 7.88. The molecule has 3 N–H and O–H groups in total. The van der Waals surface area contributed by atoms with Crippen LogP contribution in [0.5, 0.6) is 0 Å². The molecule has 0 aliphatic rings. The first kappa shape index (κ1) is 19.0. The lowest BCUT2D eigenvalue weighted by atomic mass is 10.1. The molecule has 1 heterocycles. The molecule has 2 rings (SSSR count). The maximum absolute atomic E-state index is 10.6. The number of benzene rings is 1. The molecule has 0 aliphatic heterocycles. The number of thiophene rings is 1. The lowest BCUT2D eigenvalue weighted by Gasteiger charge is -1.97. The Morgan fingerprint density at radius 2 is 1.96 bits per heavy atom. The number of nitrogens with two attached hydrogens (primary N) is 1. The molecule has 1 amide bonds. The summed E-state index contributed by atoms with van der Waals surface area (Å²) in [6.45, 7) is 1.86. The second-order valence-corrected chi connectivity index (χ2v) is 7.44. The Bertz CT molecular complexity index is 847. The molecule has 1 aromatic carbocycles. The molecule has 0 fully saturated rings. The van der Waals surface area contributed by atoms with Gasteiger partial charge in [-0.2, -0.15) is 8.42 Å². The van der Waals surface area contributed by atoms with Gasteiger partial charge in [-0.25, -0.2) is 0 Å². The van der Waals surface area contributed by atoms with E-state index in [1.807, 2.05) is 19.1 Å². The van der Waals surface area contributed by atoms with Gasteiger partial charge in [-0.3, -0.25) is 19.5 Å². The molecule has 0 radical (unpaired) electrons. The van der Waals surface area contributed by atoms with Crippen molar-refractivity contribution in [2.24, 2.45) is 5.73 Å². The van der Waals surface area contributed by atoms with E-state index >= 15 is 0 Å². The van der Waals surface area contributed by atoms with Crippen molar-refractivity contribution in [1.82, 2.24) is 0 Å². The first-order valence-electron chi connectivity index (χ1n) is 5.80. The second-order valence-electron chi connectivity index (χ2n) is 4.14. The smallest absolute Gasteiger partial charge is 0.304 e. The zero-order valence-electron chi connectivity index (χ0n) is 11.6. The van der Waals surface area contributed by atoms with E-state index in [2.05, 4.69) is 0 Å². The van der Waals surface area contributed by atoms with Crippen LogP contribution in [0.4, 0.5) is 5.69 Å². The highest BCUT2D eigenvalue weighted by atomic mass is 35.5. The van der Waals surface area contributed by atoms with Crippen molar-refractivity contribution in [2.45, 2.75) is 11.1 Å². The van der Waals surface area contributed by atoms with Gasteiger partial charge in [-0.15, -0.1) is 11.3 Å². The number of carbonyl (C=O) groups is 1. The molecule has 0 saturated heterocycles. The first-order chi connectivity index (χ1) is 10.5. The third-order valence-electron chi connectivity index (χ3n) is 2.51. The molecule has 23 heavy (non-hydrogen) atoms. The Balaban J connectivity index is 0.000000238. The molecular formula is C12H11ClN2O6S2. The first-order valence-corrected chi connectivity index (χ1v) is 8.44. The highest BCUT2D eigenvalue weighted by Crippen LogP contribution is 2.35. The van der Waals surface area contributed by atoms with Gasteiger partial charge in [-0.1, -0.05) is 29.8 Å². The highest BCUT2D eigenvalue weighted by Gasteiger charge is 2.23. The van der Waals surface area contributed by atoms with E-state index in [9.17, 15) is 23.3 Å². The van der Waals surface area contributed by atoms with Crippen LogP contribution in [0.1, 0.15) is 15.9 Å². The molecule has 8 nitrogen and oxygen atoms in total. The van der Waals surface area contributed by atoms with Crippen molar-refractivity contribution in [3.05, 3.63) is 55.9 Å². The van der Waals surface area contributed by atoms with Crippen LogP contribution in [-0.2, 0) is 10.1 Å². The van der Waals surface area contributed by atoms with Gasteiger partial charge in [0.1, 0.15) is 0 Å². The summed E-state index contributed by atoms with van der Waals surface area (Å²) in [6.07, 6.45) is 0. The molecule has 0 atom stereocenters. The number of primary amides is 1. The van der Waals surface area contributed by atoms with Crippen LogP contribution < -0.4 is 5.73 Å². The summed E-state index contributed by atoms with van der Waals surface area (Å²) in [5.74, 6) is -0.363. The van der Waals surface area contributed by atoms with Crippen molar-refractivity contribution < 1.29 is 22.7 Å². The fraction of sp³-hybridized carbons (Fsp3) is 0.0833. The number of hydrogen-bond donors (Lipinski definition) is 2. The Hall–Kier alpha value is -2.01. The molecule has 1 aromatic heterocycles. The van der Waals surface area contributed by atoms with Crippen LogP contribution in [0.3, 0.4) is 0 Å². The Kier molecular flexibility index (Phi) is 6.21. The topological polar surface area (TPSA) is 141 Å². The molecule has 0 unspecified atom stereocenters. The van der Waals surface area contributed by atoms with Gasteiger partial charge in [0, 0.05) is 11.6 Å². The minimum atomic E-state index is -4.41. The van der Waals surface area contributed by atoms with Gasteiger partial charge in [0.2, 0.25) is 5.91 Å². The summed E-state index contributed by atoms with van der Waals surface area (Å²) < 4.78 is 28.7. The van der Waals surface area contributed by atoms with E-state index in [0.29, 0.717) is 23.0 Å². The van der Waals surface area contributed by atoms with Crippen LogP contribution in [-0.4, -0.2) is 23.8 Å². The van der Waals surface area contributed by atoms with Gasteiger partial charge >= 0.3 is 10.1 Å². The minimum Gasteiger partial charge on any atom is -0.366 e. The standard InChI is InChI=1S/C8H9NO.C4H2ClNO5S2/c1-6-4-2-3-5-7(6)8(9)10;5-4-2(6(7)8)1-3(12-4)13(9,10)11/h2-5H,1H3,(H2,9,10);1H,(H,9,10,11). The number of halogens is 1. The van der Waals surface area contributed by atoms with Crippen molar-refractivity contribution in [1.29, 1.82) is 0 Å². The van der Waals surface area contributed by atoms with Gasteiger partial charge < -0.3 is 5.73 Å². The van der Waals surface area contributed by atoms with Crippen LogP contribution >= 0.6 is 22.9 Å². The number of amides is 1. The van der Waals surface area contributed by atoms with Gasteiger partial charge in [0.05, 0.1) is 4.92 Å². The lowest BCUT2D eigenvalue weighted by Crippen LogP contribution is -2.12. The lowest BCUT2D eigenvalue weighted by molar-refractivity contribution is -0.384. The van der Waals surface area contributed by atoms with Gasteiger partial charge in [-0.05, 0) is 18.6 Å². The maximum Gasteiger partial charge on any atom is 0.304 e. The van der Waals surface area contributed by atoms with E-state index in [-0.39, 0.29) is 10.2 Å². The second kappa shape index (κ2) is 7.51. The van der Waals surface area contributed by atoms with E-state index in [0.717, 1.165) is 5.56 Å². The molecular weight excluding hydrogens is 368 g/mol. The number of hydrogen-bond acceptors (Lipinski definition) is 6. The SMILES string of the molecule is Cc1ccccc1C(N)=O.O=[N+]([O-])c1cc(S(=O)(=O)O)sc1Cl. The summed E-state index contributed by atoms with van der Waals surface area (Å²) in [5.41, 5.74) is 6.07. The van der Waals surface area contributed by atoms with Crippen LogP contribution in [0.25, 0.3) is 0 Å². The number of aryl methyl sites for hydroxylation is 1. The average Bonchev–Trinajstić information content (AvgIpc) is 2.82. The van der Waals surface area contributed by atoms with E-state index in [1.165, 1.54) is 0 Å². The number of nitro groups is 1. The van der Waals surface area contributed by atoms with Gasteiger partial charge in [0.15, 0.2) is 8.55 Å². The van der Waals surface area contributed by atoms with Gasteiger partial charge in [0.25, 0.3) is 5.69 Å². The predicted octanol–water partition coefficient (Wildman–Crippen LogP) is 2.65. The van der Waals surface area contributed by atoms with Crippen molar-refractivity contribution >= 4 is 44.7 Å². The molecule has 124 valence electrons. The largest absolute Gasteiger partial charge is 0.366 e. The van der Waals surface area contributed by atoms with E-state index < -0.39 is 24.9 Å². The maximum atomic E-state index is 10.6. The third kappa shape index (κ3) is 5.28. The van der Waals surface area contributed by atoms with Crippen LogP contribution in [0, 0.1) is 17.0 Å². The number of nitrogens with zero attached hydrogens (tertiary/aromatic N) is 1. The fourth-order valence-corrected chi connectivity index (χ4v) is 3.47. The van der Waals surface area contributed by atoms with Crippen LogP contribution in [0.2, 0.25) is 4.34 Å². The third-order valence-corrected chi connectivity index (χ3v) is 5.15. The molecule has 0 saturated carbocycles. The Morgan fingerprint density at radius 1 is 1.39 bits per heavy atom. The molecule has 0 aliphatic carbocycles. The fourth-order valence-electron chi connectivity index (χ4n) is 1.44. The number of carbonyl (C=O) groups excluding carboxylic acids is 1. The summed E-state index contributed by atoms with van der Waals surface area (Å²) in [5, 5.41) is 10.2. The Morgan fingerprint density at radius 3 is 2.26 bits per heavy atom. The molecule has 0 bridgehead atoms. The zero-order chi connectivity index (χ0) is 17.8. The summed E-state index contributed by atoms with van der Waals surface area (Å²) in [4.78, 5) is 20.0. The average molecular weight is 379 g/mol. The predicted molar refractivity (Wildman–Crippen MR) is 85.5 cm³/mol. The van der Waals surface area contributed by atoms with Crippen LogP contribution in [0.15, 0.2) is 34.5 Å². The monoisotopic (exact) mass is 378 g/mol. The number of rotatable bonds is 3. The molecule has 0 spiro atoms. The minimum absolute atomic E-state index is 0.280. The van der Waals surface area contributed by atoms with E-state index in [1.54, 1.807) is 12.1 Å². The molecule has 2 aromatic rings. The summed E-state index contributed by atoms with van der Waals surface area (Å²) in [7, 11) is -4.41. The normalized spacial score (nSPS) is 10.6. The summed E-state index contributed by atoms with van der Waals surface area (Å²) >= 11 is 5.78. The van der Waals surface area contributed by atoms with Crippen molar-refractivity contribution in [2.75, 3.05) is 0 Å². The molecule has 11 heteroatoms.